The number of hydrogen-bond donors (Lipinski definition) is 5. The Morgan fingerprint density at radius 1 is 1.10 bits per heavy atom. The second-order valence-electron chi connectivity index (χ2n) is 4.32. The molecule has 0 saturated carbocycles. The highest BCUT2D eigenvalue weighted by molar-refractivity contribution is 5.73. The van der Waals surface area contributed by atoms with Crippen LogP contribution in [0.1, 0.15) is 0 Å². The number of benzene rings is 1. The maximum Gasteiger partial charge on any atom is 0.335 e. The highest BCUT2D eigenvalue weighted by Gasteiger charge is 2.48. The number of phenols is 1. The largest absolute Gasteiger partial charge is 0.504 e. The van der Waals surface area contributed by atoms with Gasteiger partial charge in [-0.25, -0.2) is 4.79 Å². The molecule has 5 atom stereocenters. The summed E-state index contributed by atoms with van der Waals surface area (Å²) in [6.07, 6.45) is -8.49. The van der Waals surface area contributed by atoms with E-state index < -0.39 is 36.7 Å². The van der Waals surface area contributed by atoms with E-state index >= 15 is 0 Å². The van der Waals surface area contributed by atoms with Crippen molar-refractivity contribution < 1.29 is 39.8 Å². The average molecular weight is 286 g/mol. The average Bonchev–Trinajstić information content (AvgIpc) is 2.41. The van der Waals surface area contributed by atoms with E-state index in [1.54, 1.807) is 12.1 Å². The van der Waals surface area contributed by atoms with Crippen LogP contribution in [0.4, 0.5) is 0 Å². The molecule has 20 heavy (non-hydrogen) atoms. The Morgan fingerprint density at radius 2 is 1.75 bits per heavy atom. The minimum Gasteiger partial charge on any atom is -0.504 e. The summed E-state index contributed by atoms with van der Waals surface area (Å²) in [5.41, 5.74) is 0. The number of aliphatic hydroxyl groups is 3. The van der Waals surface area contributed by atoms with Crippen LogP contribution in [0.3, 0.4) is 0 Å². The molecular weight excluding hydrogens is 272 g/mol. The molecule has 0 amide bonds. The molecule has 1 aliphatic rings. The van der Waals surface area contributed by atoms with Crippen LogP contribution in [0.5, 0.6) is 11.5 Å². The van der Waals surface area contributed by atoms with Crippen LogP contribution in [0, 0.1) is 0 Å². The lowest BCUT2D eigenvalue weighted by Gasteiger charge is -2.38. The number of rotatable bonds is 3. The van der Waals surface area contributed by atoms with E-state index in [1.165, 1.54) is 12.1 Å². The second kappa shape index (κ2) is 5.63. The Bertz CT molecular complexity index is 490. The molecule has 1 aromatic carbocycles. The van der Waals surface area contributed by atoms with Gasteiger partial charge in [0, 0.05) is 0 Å². The quantitative estimate of drug-likeness (QED) is 0.460. The van der Waals surface area contributed by atoms with Gasteiger partial charge < -0.3 is 35.0 Å². The summed E-state index contributed by atoms with van der Waals surface area (Å²) < 4.78 is 10.0. The predicted octanol–water partition coefficient (Wildman–Crippen LogP) is -1.34. The van der Waals surface area contributed by atoms with Crippen molar-refractivity contribution in [2.24, 2.45) is 0 Å². The Balaban J connectivity index is 2.18. The monoisotopic (exact) mass is 286 g/mol. The first-order valence-electron chi connectivity index (χ1n) is 5.79. The molecule has 0 unspecified atom stereocenters. The lowest BCUT2D eigenvalue weighted by molar-refractivity contribution is -0.271. The Labute approximate surface area is 113 Å². The van der Waals surface area contributed by atoms with Crippen LogP contribution in [-0.4, -0.2) is 62.2 Å². The van der Waals surface area contributed by atoms with E-state index in [2.05, 4.69) is 0 Å². The zero-order valence-corrected chi connectivity index (χ0v) is 10.2. The molecule has 5 N–H and O–H groups in total. The topological polar surface area (TPSA) is 137 Å². The van der Waals surface area contributed by atoms with Crippen molar-refractivity contribution in [2.45, 2.75) is 30.7 Å². The summed E-state index contributed by atoms with van der Waals surface area (Å²) in [6.45, 7) is 0. The summed E-state index contributed by atoms with van der Waals surface area (Å²) in [6, 6.07) is 5.78. The van der Waals surface area contributed by atoms with Crippen LogP contribution >= 0.6 is 0 Å². The minimum absolute atomic E-state index is 0.0516. The standard InChI is InChI=1S/C12H14O8/c13-5-3-1-2-4-6(5)19-12-9(16)7(14)8(15)10(20-12)11(17)18/h1-4,7-10,12-16H,(H,17,18)/t7-,8-,9+,10-,12+/m0/s1. The van der Waals surface area contributed by atoms with Crippen molar-refractivity contribution in [3.63, 3.8) is 0 Å². The number of aromatic hydroxyl groups is 1. The number of carboxylic acid groups (broad SMARTS) is 1. The van der Waals surface area contributed by atoms with Crippen molar-refractivity contribution in [1.29, 1.82) is 0 Å². The molecule has 1 aliphatic heterocycles. The highest BCUT2D eigenvalue weighted by Crippen LogP contribution is 2.29. The first-order valence-corrected chi connectivity index (χ1v) is 5.79. The van der Waals surface area contributed by atoms with Crippen LogP contribution in [0.25, 0.3) is 0 Å². The third kappa shape index (κ3) is 2.68. The van der Waals surface area contributed by atoms with Gasteiger partial charge >= 0.3 is 5.97 Å². The number of aliphatic hydroxyl groups excluding tert-OH is 3. The zero-order valence-electron chi connectivity index (χ0n) is 10.2. The van der Waals surface area contributed by atoms with Gasteiger partial charge in [0.1, 0.15) is 18.3 Å². The summed E-state index contributed by atoms with van der Waals surface area (Å²) >= 11 is 0. The van der Waals surface area contributed by atoms with E-state index in [0.717, 1.165) is 0 Å². The third-order valence-electron chi connectivity index (χ3n) is 2.92. The van der Waals surface area contributed by atoms with Gasteiger partial charge in [-0.05, 0) is 12.1 Å². The van der Waals surface area contributed by atoms with Gasteiger partial charge in [0.2, 0.25) is 6.29 Å². The maximum atomic E-state index is 10.9. The molecule has 1 aromatic rings. The maximum absolute atomic E-state index is 10.9. The fourth-order valence-corrected chi connectivity index (χ4v) is 1.83. The van der Waals surface area contributed by atoms with Gasteiger partial charge in [0.05, 0.1) is 0 Å². The summed E-state index contributed by atoms with van der Waals surface area (Å²) in [5, 5.41) is 47.2. The fraction of sp³-hybridized carbons (Fsp3) is 0.417. The van der Waals surface area contributed by atoms with Crippen LogP contribution in [0.2, 0.25) is 0 Å². The third-order valence-corrected chi connectivity index (χ3v) is 2.92. The first kappa shape index (κ1) is 14.5. The zero-order chi connectivity index (χ0) is 14.9. The van der Waals surface area contributed by atoms with Gasteiger partial charge in [-0.1, -0.05) is 12.1 Å². The molecule has 1 saturated heterocycles. The summed E-state index contributed by atoms with van der Waals surface area (Å²) in [4.78, 5) is 10.9. The second-order valence-corrected chi connectivity index (χ2v) is 4.32. The molecule has 2 rings (SSSR count). The van der Waals surface area contributed by atoms with Crippen LogP contribution < -0.4 is 4.74 Å². The molecule has 1 heterocycles. The molecule has 0 aliphatic carbocycles. The number of aliphatic carboxylic acids is 1. The van der Waals surface area contributed by atoms with Gasteiger partial charge in [-0.2, -0.15) is 0 Å². The molecule has 8 nitrogen and oxygen atoms in total. The van der Waals surface area contributed by atoms with Gasteiger partial charge in [0.25, 0.3) is 0 Å². The first-order chi connectivity index (χ1) is 9.41. The molecule has 0 spiro atoms. The molecule has 8 heteroatoms. The van der Waals surface area contributed by atoms with Crippen molar-refractivity contribution in [3.8, 4) is 11.5 Å². The fourth-order valence-electron chi connectivity index (χ4n) is 1.83. The molecule has 1 fully saturated rings. The Morgan fingerprint density at radius 3 is 2.35 bits per heavy atom. The van der Waals surface area contributed by atoms with E-state index in [4.69, 9.17) is 14.6 Å². The van der Waals surface area contributed by atoms with Crippen molar-refractivity contribution in [3.05, 3.63) is 24.3 Å². The lowest BCUT2D eigenvalue weighted by atomic mass is 9.99. The SMILES string of the molecule is O=C(O)[C@H]1O[C@@H](Oc2ccccc2O)[C@H](O)[C@@H](O)[C@@H]1O. The predicted molar refractivity (Wildman–Crippen MR) is 63.1 cm³/mol. The minimum atomic E-state index is -1.79. The number of ether oxygens (including phenoxy) is 2. The summed E-state index contributed by atoms with van der Waals surface area (Å²) in [7, 11) is 0. The van der Waals surface area contributed by atoms with Crippen LogP contribution in [-0.2, 0) is 9.53 Å². The van der Waals surface area contributed by atoms with E-state index in [0.29, 0.717) is 0 Å². The number of hydrogen-bond acceptors (Lipinski definition) is 7. The van der Waals surface area contributed by atoms with Crippen molar-refractivity contribution in [2.75, 3.05) is 0 Å². The van der Waals surface area contributed by atoms with Crippen molar-refractivity contribution >= 4 is 5.97 Å². The normalized spacial score (nSPS) is 33.6. The molecule has 0 bridgehead atoms. The number of carbonyl (C=O) groups is 1. The Hall–Kier alpha value is -1.87. The van der Waals surface area contributed by atoms with Crippen molar-refractivity contribution in [1.82, 2.24) is 0 Å². The smallest absolute Gasteiger partial charge is 0.335 e. The molecule has 0 radical (unpaired) electrons. The Kier molecular flexibility index (Phi) is 4.09. The number of para-hydroxylation sites is 2. The molecule has 110 valence electrons. The van der Waals surface area contributed by atoms with E-state index in [1.807, 2.05) is 0 Å². The number of carboxylic acids is 1. The van der Waals surface area contributed by atoms with E-state index in [-0.39, 0.29) is 11.5 Å². The van der Waals surface area contributed by atoms with Gasteiger partial charge in [-0.15, -0.1) is 0 Å². The van der Waals surface area contributed by atoms with Crippen LogP contribution in [0.15, 0.2) is 24.3 Å². The van der Waals surface area contributed by atoms with Gasteiger partial charge in [0.15, 0.2) is 17.6 Å². The highest BCUT2D eigenvalue weighted by atomic mass is 16.7. The lowest BCUT2D eigenvalue weighted by Crippen LogP contribution is -2.61. The van der Waals surface area contributed by atoms with E-state index in [9.17, 15) is 25.2 Å². The number of phenolic OH excluding ortho intramolecular Hbond substituents is 1. The molecular formula is C12H14O8. The molecule has 0 aromatic heterocycles. The van der Waals surface area contributed by atoms with Gasteiger partial charge in [-0.3, -0.25) is 0 Å². The summed E-state index contributed by atoms with van der Waals surface area (Å²) in [5.74, 6) is -1.80.